The smallest absolute Gasteiger partial charge is 0.126 e. The van der Waals surface area contributed by atoms with Crippen LogP contribution in [0.5, 0.6) is 0 Å². The number of nitrogens with one attached hydrogen (secondary N) is 1. The summed E-state index contributed by atoms with van der Waals surface area (Å²) >= 11 is 0. The quantitative estimate of drug-likeness (QED) is 0.836. The highest BCUT2D eigenvalue weighted by Gasteiger charge is 2.28. The van der Waals surface area contributed by atoms with Crippen LogP contribution in [-0.4, -0.2) is 67.6 Å². The zero-order valence-electron chi connectivity index (χ0n) is 12.8. The maximum Gasteiger partial charge on any atom is 0.126 e. The molecule has 3 N–H and O–H groups in total. The van der Waals surface area contributed by atoms with Crippen LogP contribution in [0.25, 0.3) is 0 Å². The molecule has 1 aromatic rings. The van der Waals surface area contributed by atoms with E-state index in [2.05, 4.69) is 40.3 Å². The number of anilines is 1. The molecule has 2 unspecified atom stereocenters. The summed E-state index contributed by atoms with van der Waals surface area (Å²) in [6.45, 7) is 3.41. The van der Waals surface area contributed by atoms with Crippen molar-refractivity contribution in [1.29, 1.82) is 0 Å². The highest BCUT2D eigenvalue weighted by molar-refractivity contribution is 5.39. The summed E-state index contributed by atoms with van der Waals surface area (Å²) < 4.78 is 0. The molecule has 0 aromatic carbocycles. The van der Waals surface area contributed by atoms with Crippen LogP contribution in [0.4, 0.5) is 5.82 Å². The summed E-state index contributed by atoms with van der Waals surface area (Å²) in [6.07, 6.45) is 3.90. The van der Waals surface area contributed by atoms with Gasteiger partial charge in [-0.25, -0.2) is 4.98 Å². The molecule has 1 aliphatic heterocycles. The van der Waals surface area contributed by atoms with Gasteiger partial charge in [0.25, 0.3) is 0 Å². The van der Waals surface area contributed by atoms with Crippen LogP contribution in [0.15, 0.2) is 18.3 Å². The standard InChI is InChI=1S/C15H27N5/c1-17-13(10-12-6-4-7-18-15(12)16)14-11-19(2)8-5-9-20(14)3/h4,6-7,13-14,17H,5,8-11H2,1-3H3,(H2,16,18). The van der Waals surface area contributed by atoms with Crippen LogP contribution in [0, 0.1) is 0 Å². The van der Waals surface area contributed by atoms with E-state index in [0.717, 1.165) is 25.1 Å². The first kappa shape index (κ1) is 15.2. The number of hydrogen-bond acceptors (Lipinski definition) is 5. The second kappa shape index (κ2) is 7.02. The van der Waals surface area contributed by atoms with Gasteiger partial charge in [0.05, 0.1) is 0 Å². The van der Waals surface area contributed by atoms with E-state index >= 15 is 0 Å². The van der Waals surface area contributed by atoms with E-state index in [4.69, 9.17) is 5.73 Å². The summed E-state index contributed by atoms with van der Waals surface area (Å²) in [7, 11) is 6.47. The number of nitrogens with two attached hydrogens (primary N) is 1. The van der Waals surface area contributed by atoms with Crippen molar-refractivity contribution in [3.05, 3.63) is 23.9 Å². The Hall–Kier alpha value is -1.17. The van der Waals surface area contributed by atoms with Crippen molar-refractivity contribution in [1.82, 2.24) is 20.1 Å². The Labute approximate surface area is 122 Å². The zero-order valence-corrected chi connectivity index (χ0v) is 12.8. The third-order valence-corrected chi connectivity index (χ3v) is 4.32. The molecule has 0 radical (unpaired) electrons. The second-order valence-corrected chi connectivity index (χ2v) is 5.81. The van der Waals surface area contributed by atoms with E-state index in [9.17, 15) is 0 Å². The number of nitrogen functional groups attached to an aromatic ring is 1. The molecule has 1 saturated heterocycles. The van der Waals surface area contributed by atoms with Crippen LogP contribution >= 0.6 is 0 Å². The van der Waals surface area contributed by atoms with Crippen LogP contribution in [0.3, 0.4) is 0 Å². The van der Waals surface area contributed by atoms with E-state index in [1.54, 1.807) is 6.20 Å². The van der Waals surface area contributed by atoms with E-state index in [0.29, 0.717) is 17.9 Å². The van der Waals surface area contributed by atoms with Crippen LogP contribution in [-0.2, 0) is 6.42 Å². The van der Waals surface area contributed by atoms with Gasteiger partial charge in [-0.3, -0.25) is 0 Å². The Bertz CT molecular complexity index is 422. The van der Waals surface area contributed by atoms with E-state index in [1.807, 2.05) is 13.1 Å². The number of hydrogen-bond donors (Lipinski definition) is 2. The van der Waals surface area contributed by atoms with Gasteiger partial charge in [0, 0.05) is 24.8 Å². The monoisotopic (exact) mass is 277 g/mol. The molecule has 112 valence electrons. The predicted molar refractivity (Wildman–Crippen MR) is 83.7 cm³/mol. The second-order valence-electron chi connectivity index (χ2n) is 5.81. The Morgan fingerprint density at radius 3 is 2.95 bits per heavy atom. The first-order valence-corrected chi connectivity index (χ1v) is 7.37. The molecule has 2 atom stereocenters. The molecular weight excluding hydrogens is 250 g/mol. The fourth-order valence-electron chi connectivity index (χ4n) is 3.03. The SMILES string of the molecule is CNC(Cc1cccnc1N)C1CN(C)CCCN1C. The molecule has 2 heterocycles. The van der Waals surface area contributed by atoms with E-state index in [-0.39, 0.29) is 0 Å². The van der Waals surface area contributed by atoms with Gasteiger partial charge in [0.2, 0.25) is 0 Å². The average Bonchev–Trinajstić information content (AvgIpc) is 2.60. The molecule has 20 heavy (non-hydrogen) atoms. The van der Waals surface area contributed by atoms with E-state index in [1.165, 1.54) is 13.0 Å². The van der Waals surface area contributed by atoms with Crippen LogP contribution in [0.2, 0.25) is 0 Å². The summed E-state index contributed by atoms with van der Waals surface area (Å²) in [5, 5.41) is 3.47. The molecule has 1 aromatic heterocycles. The van der Waals surface area contributed by atoms with Crippen molar-refractivity contribution in [3.8, 4) is 0 Å². The lowest BCUT2D eigenvalue weighted by atomic mass is 9.98. The summed E-state index contributed by atoms with van der Waals surface area (Å²) in [6, 6.07) is 4.91. The van der Waals surface area contributed by atoms with E-state index < -0.39 is 0 Å². The van der Waals surface area contributed by atoms with Crippen molar-refractivity contribution in [2.75, 3.05) is 46.5 Å². The maximum atomic E-state index is 5.98. The Morgan fingerprint density at radius 1 is 1.45 bits per heavy atom. The minimum Gasteiger partial charge on any atom is -0.383 e. The molecule has 0 amide bonds. The predicted octanol–water partition coefficient (Wildman–Crippen LogP) is 0.430. The molecular formula is C15H27N5. The average molecular weight is 277 g/mol. The molecule has 0 aliphatic carbocycles. The Kier molecular flexibility index (Phi) is 5.34. The number of rotatable bonds is 4. The largest absolute Gasteiger partial charge is 0.383 e. The number of nitrogens with zero attached hydrogens (tertiary/aromatic N) is 3. The summed E-state index contributed by atoms with van der Waals surface area (Å²) in [4.78, 5) is 9.08. The lowest BCUT2D eigenvalue weighted by Crippen LogP contribution is -2.52. The molecule has 5 heteroatoms. The molecule has 5 nitrogen and oxygen atoms in total. The Morgan fingerprint density at radius 2 is 2.25 bits per heavy atom. The summed E-state index contributed by atoms with van der Waals surface area (Å²) in [5.74, 6) is 0.650. The van der Waals surface area contributed by atoms with Gasteiger partial charge in [-0.05, 0) is 58.7 Å². The number of pyridine rings is 1. The van der Waals surface area contributed by atoms with Gasteiger partial charge < -0.3 is 20.9 Å². The Balaban J connectivity index is 2.12. The van der Waals surface area contributed by atoms with Gasteiger partial charge in [-0.15, -0.1) is 0 Å². The molecule has 1 fully saturated rings. The zero-order chi connectivity index (χ0) is 14.5. The first-order valence-electron chi connectivity index (χ1n) is 7.37. The maximum absolute atomic E-state index is 5.98. The lowest BCUT2D eigenvalue weighted by Gasteiger charge is -2.34. The molecule has 0 saturated carbocycles. The van der Waals surface area contributed by atoms with Crippen LogP contribution in [0.1, 0.15) is 12.0 Å². The third kappa shape index (κ3) is 3.69. The normalized spacial score (nSPS) is 23.4. The minimum atomic E-state index is 0.382. The lowest BCUT2D eigenvalue weighted by molar-refractivity contribution is 0.181. The molecule has 0 bridgehead atoms. The topological polar surface area (TPSA) is 57.4 Å². The van der Waals surface area contributed by atoms with Crippen molar-refractivity contribution >= 4 is 5.82 Å². The number of aromatic nitrogens is 1. The van der Waals surface area contributed by atoms with Crippen molar-refractivity contribution in [2.24, 2.45) is 0 Å². The third-order valence-electron chi connectivity index (χ3n) is 4.32. The molecule has 1 aliphatic rings. The van der Waals surface area contributed by atoms with Crippen molar-refractivity contribution in [2.45, 2.75) is 24.9 Å². The van der Waals surface area contributed by atoms with Gasteiger partial charge in [-0.1, -0.05) is 6.07 Å². The summed E-state index contributed by atoms with van der Waals surface area (Å²) in [5.41, 5.74) is 7.11. The van der Waals surface area contributed by atoms with Gasteiger partial charge in [0.15, 0.2) is 0 Å². The van der Waals surface area contributed by atoms with Gasteiger partial charge >= 0.3 is 0 Å². The van der Waals surface area contributed by atoms with Gasteiger partial charge in [0.1, 0.15) is 5.82 Å². The minimum absolute atomic E-state index is 0.382. The number of likely N-dealkylation sites (N-methyl/N-ethyl adjacent to an activating group) is 3. The molecule has 2 rings (SSSR count). The molecule has 0 spiro atoms. The van der Waals surface area contributed by atoms with Crippen molar-refractivity contribution in [3.63, 3.8) is 0 Å². The first-order chi connectivity index (χ1) is 9.61. The fourth-order valence-corrected chi connectivity index (χ4v) is 3.03. The van der Waals surface area contributed by atoms with Crippen LogP contribution < -0.4 is 11.1 Å². The fraction of sp³-hybridized carbons (Fsp3) is 0.667. The highest BCUT2D eigenvalue weighted by atomic mass is 15.2. The van der Waals surface area contributed by atoms with Crippen molar-refractivity contribution < 1.29 is 0 Å². The van der Waals surface area contributed by atoms with Gasteiger partial charge in [-0.2, -0.15) is 0 Å². The highest BCUT2D eigenvalue weighted by Crippen LogP contribution is 2.16.